The topological polar surface area (TPSA) is 108 Å². The van der Waals surface area contributed by atoms with Crippen molar-refractivity contribution < 1.29 is 9.45 Å². The normalized spacial score (nSPS) is 10.7. The van der Waals surface area contributed by atoms with Crippen LogP contribution in [0.1, 0.15) is 5.56 Å². The summed E-state index contributed by atoms with van der Waals surface area (Å²) in [5.41, 5.74) is 8.40. The van der Waals surface area contributed by atoms with Crippen molar-refractivity contribution in [2.24, 2.45) is 0 Å². The van der Waals surface area contributed by atoms with E-state index in [1.165, 1.54) is 18.2 Å². The molecule has 2 heterocycles. The molecule has 3 aromatic rings. The summed E-state index contributed by atoms with van der Waals surface area (Å²) >= 11 is 1.55. The number of rotatable bonds is 3. The van der Waals surface area contributed by atoms with Crippen molar-refractivity contribution in [3.63, 3.8) is 0 Å². The van der Waals surface area contributed by atoms with Crippen LogP contribution in [0, 0.1) is 17.0 Å². The van der Waals surface area contributed by atoms with Crippen molar-refractivity contribution in [3.05, 3.63) is 44.6 Å². The lowest BCUT2D eigenvalue weighted by Crippen LogP contribution is -1.94. The standard InChI is InChI=1S/C13H10N4O3S/c1-7-5-21-6-10(7)12-15-13(20-16-12)9-3-2-8(17(18)19)4-11(9)14/h2-6H,14H2,1H3. The molecular weight excluding hydrogens is 292 g/mol. The minimum absolute atomic E-state index is 0.0790. The van der Waals surface area contributed by atoms with Gasteiger partial charge < -0.3 is 10.3 Å². The summed E-state index contributed by atoms with van der Waals surface area (Å²) in [5, 5.41) is 18.5. The first-order valence-electron chi connectivity index (χ1n) is 5.97. The molecule has 2 N–H and O–H groups in total. The summed E-state index contributed by atoms with van der Waals surface area (Å²) in [7, 11) is 0. The molecule has 0 unspecified atom stereocenters. The Bertz CT molecular complexity index is 824. The number of thiophene rings is 1. The van der Waals surface area contributed by atoms with Crippen LogP contribution >= 0.6 is 11.3 Å². The highest BCUT2D eigenvalue weighted by Crippen LogP contribution is 2.31. The third kappa shape index (κ3) is 2.36. The van der Waals surface area contributed by atoms with Crippen LogP contribution in [-0.2, 0) is 0 Å². The van der Waals surface area contributed by atoms with Crippen LogP contribution in [0.2, 0.25) is 0 Å². The zero-order valence-corrected chi connectivity index (χ0v) is 11.8. The van der Waals surface area contributed by atoms with Gasteiger partial charge in [-0.1, -0.05) is 5.16 Å². The van der Waals surface area contributed by atoms with Crippen LogP contribution in [0.25, 0.3) is 22.8 Å². The highest BCUT2D eigenvalue weighted by molar-refractivity contribution is 7.08. The number of nitro groups is 1. The van der Waals surface area contributed by atoms with Crippen LogP contribution in [-0.4, -0.2) is 15.1 Å². The molecule has 8 heteroatoms. The molecule has 0 saturated heterocycles. The van der Waals surface area contributed by atoms with Gasteiger partial charge in [-0.25, -0.2) is 0 Å². The zero-order chi connectivity index (χ0) is 15.0. The summed E-state index contributed by atoms with van der Waals surface area (Å²) in [6.07, 6.45) is 0. The van der Waals surface area contributed by atoms with Gasteiger partial charge in [0.15, 0.2) is 0 Å². The average Bonchev–Trinajstić information content (AvgIpc) is 3.07. The van der Waals surface area contributed by atoms with Gasteiger partial charge in [-0.3, -0.25) is 10.1 Å². The lowest BCUT2D eigenvalue weighted by Gasteiger charge is -1.99. The molecule has 0 aliphatic carbocycles. The summed E-state index contributed by atoms with van der Waals surface area (Å²) in [5.74, 6) is 0.713. The van der Waals surface area contributed by atoms with Crippen molar-refractivity contribution in [3.8, 4) is 22.8 Å². The minimum atomic E-state index is -0.506. The lowest BCUT2D eigenvalue weighted by atomic mass is 10.1. The van der Waals surface area contributed by atoms with Crippen molar-refractivity contribution >= 4 is 22.7 Å². The van der Waals surface area contributed by atoms with E-state index in [0.717, 1.165) is 11.1 Å². The third-order valence-corrected chi connectivity index (χ3v) is 3.86. The van der Waals surface area contributed by atoms with Crippen LogP contribution in [0.3, 0.4) is 0 Å². The fraction of sp³-hybridized carbons (Fsp3) is 0.0769. The van der Waals surface area contributed by atoms with Crippen LogP contribution in [0.15, 0.2) is 33.5 Å². The van der Waals surface area contributed by atoms with Gasteiger partial charge in [-0.2, -0.15) is 16.3 Å². The molecule has 106 valence electrons. The fourth-order valence-electron chi connectivity index (χ4n) is 1.89. The van der Waals surface area contributed by atoms with Gasteiger partial charge in [0, 0.05) is 23.1 Å². The van der Waals surface area contributed by atoms with E-state index in [2.05, 4.69) is 10.1 Å². The van der Waals surface area contributed by atoms with Gasteiger partial charge in [0.2, 0.25) is 5.82 Å². The zero-order valence-electron chi connectivity index (χ0n) is 10.9. The maximum atomic E-state index is 10.7. The predicted molar refractivity (Wildman–Crippen MR) is 78.9 cm³/mol. The monoisotopic (exact) mass is 302 g/mol. The van der Waals surface area contributed by atoms with E-state index in [4.69, 9.17) is 10.3 Å². The van der Waals surface area contributed by atoms with E-state index in [0.29, 0.717) is 11.4 Å². The second-order valence-electron chi connectivity index (χ2n) is 4.42. The van der Waals surface area contributed by atoms with Gasteiger partial charge in [0.05, 0.1) is 16.2 Å². The number of hydrogen-bond acceptors (Lipinski definition) is 7. The van der Waals surface area contributed by atoms with Crippen molar-refractivity contribution in [2.45, 2.75) is 6.92 Å². The smallest absolute Gasteiger partial charge is 0.271 e. The molecule has 7 nitrogen and oxygen atoms in total. The minimum Gasteiger partial charge on any atom is -0.398 e. The van der Waals surface area contributed by atoms with E-state index in [1.54, 1.807) is 11.3 Å². The van der Waals surface area contributed by atoms with E-state index in [1.807, 2.05) is 17.7 Å². The molecule has 0 aliphatic heterocycles. The van der Waals surface area contributed by atoms with Crippen molar-refractivity contribution in [1.82, 2.24) is 10.1 Å². The molecule has 2 aromatic heterocycles. The summed E-state index contributed by atoms with van der Waals surface area (Å²) < 4.78 is 5.20. The Morgan fingerprint density at radius 1 is 1.33 bits per heavy atom. The van der Waals surface area contributed by atoms with E-state index in [-0.39, 0.29) is 17.3 Å². The number of benzene rings is 1. The highest BCUT2D eigenvalue weighted by Gasteiger charge is 2.17. The Morgan fingerprint density at radius 2 is 2.14 bits per heavy atom. The number of nitrogen functional groups attached to an aromatic ring is 1. The summed E-state index contributed by atoms with van der Waals surface area (Å²) in [6, 6.07) is 4.13. The molecule has 0 bridgehead atoms. The first kappa shape index (κ1) is 13.3. The Kier molecular flexibility index (Phi) is 3.15. The van der Waals surface area contributed by atoms with Crippen molar-refractivity contribution in [1.29, 1.82) is 0 Å². The molecule has 0 aliphatic rings. The summed E-state index contributed by atoms with van der Waals surface area (Å²) in [6.45, 7) is 1.96. The van der Waals surface area contributed by atoms with Gasteiger partial charge in [-0.05, 0) is 23.9 Å². The second-order valence-corrected chi connectivity index (χ2v) is 5.16. The van der Waals surface area contributed by atoms with E-state index in [9.17, 15) is 10.1 Å². The first-order chi connectivity index (χ1) is 10.1. The van der Waals surface area contributed by atoms with Gasteiger partial charge in [0.1, 0.15) is 0 Å². The van der Waals surface area contributed by atoms with Gasteiger partial charge >= 0.3 is 0 Å². The van der Waals surface area contributed by atoms with Crippen molar-refractivity contribution in [2.75, 3.05) is 5.73 Å². The number of nitrogens with two attached hydrogens (primary N) is 1. The molecule has 0 fully saturated rings. The number of aryl methyl sites for hydroxylation is 1. The van der Waals surface area contributed by atoms with Gasteiger partial charge in [0.25, 0.3) is 11.6 Å². The fourth-order valence-corrected chi connectivity index (χ4v) is 2.72. The maximum Gasteiger partial charge on any atom is 0.271 e. The number of nitro benzene ring substituents is 1. The molecule has 0 amide bonds. The van der Waals surface area contributed by atoms with E-state index < -0.39 is 4.92 Å². The third-order valence-electron chi connectivity index (χ3n) is 3.00. The first-order valence-corrected chi connectivity index (χ1v) is 6.91. The Morgan fingerprint density at radius 3 is 2.76 bits per heavy atom. The Hall–Kier alpha value is -2.74. The highest BCUT2D eigenvalue weighted by atomic mass is 32.1. The number of hydrogen-bond donors (Lipinski definition) is 1. The average molecular weight is 302 g/mol. The predicted octanol–water partition coefficient (Wildman–Crippen LogP) is 3.26. The molecule has 21 heavy (non-hydrogen) atoms. The van der Waals surface area contributed by atoms with Gasteiger partial charge in [-0.15, -0.1) is 0 Å². The molecule has 0 saturated carbocycles. The molecule has 3 rings (SSSR count). The molecule has 0 atom stereocenters. The second kappa shape index (κ2) is 4.98. The van der Waals surface area contributed by atoms with Crippen LogP contribution in [0.5, 0.6) is 0 Å². The van der Waals surface area contributed by atoms with Crippen LogP contribution in [0.4, 0.5) is 11.4 Å². The summed E-state index contributed by atoms with van der Waals surface area (Å²) in [4.78, 5) is 14.5. The largest absolute Gasteiger partial charge is 0.398 e. The quantitative estimate of drug-likeness (QED) is 0.452. The molecular formula is C13H10N4O3S. The van der Waals surface area contributed by atoms with Crippen LogP contribution < -0.4 is 5.73 Å². The Labute approximate surface area is 123 Å². The van der Waals surface area contributed by atoms with E-state index >= 15 is 0 Å². The number of aromatic nitrogens is 2. The number of non-ortho nitro benzene ring substituents is 1. The number of nitrogens with zero attached hydrogens (tertiary/aromatic N) is 3. The molecule has 0 radical (unpaired) electrons. The SMILES string of the molecule is Cc1cscc1-c1noc(-c2ccc([N+](=O)[O-])cc2N)n1. The maximum absolute atomic E-state index is 10.7. The number of anilines is 1. The molecule has 0 spiro atoms. The lowest BCUT2D eigenvalue weighted by molar-refractivity contribution is -0.384. The molecule has 1 aromatic carbocycles. The Balaban J connectivity index is 2.01.